The van der Waals surface area contributed by atoms with Gasteiger partial charge in [0.1, 0.15) is 11.6 Å². The van der Waals surface area contributed by atoms with E-state index in [1.54, 1.807) is 18.2 Å². The topological polar surface area (TPSA) is 32.3 Å². The second kappa shape index (κ2) is 6.52. The van der Waals surface area contributed by atoms with Crippen molar-refractivity contribution in [3.8, 4) is 0 Å². The molecule has 0 saturated carbocycles. The molecule has 0 saturated heterocycles. The molecule has 106 valence electrons. The zero-order valence-electron chi connectivity index (χ0n) is 10.2. The Morgan fingerprint density at radius 3 is 2.65 bits per heavy atom. The predicted molar refractivity (Wildman–Crippen MR) is 79.0 cm³/mol. The third-order valence-electron chi connectivity index (χ3n) is 2.74. The van der Waals surface area contributed by atoms with Crippen LogP contribution in [0.2, 0.25) is 5.02 Å². The first-order chi connectivity index (χ1) is 9.47. The summed E-state index contributed by atoms with van der Waals surface area (Å²) >= 11 is 9.14. The second-order valence-electron chi connectivity index (χ2n) is 4.19. The first kappa shape index (κ1) is 15.2. The van der Waals surface area contributed by atoms with Crippen LogP contribution < -0.4 is 5.32 Å². The van der Waals surface area contributed by atoms with Gasteiger partial charge in [0.15, 0.2) is 0 Å². The first-order valence-corrected chi connectivity index (χ1v) is 6.96. The van der Waals surface area contributed by atoms with Crippen molar-refractivity contribution in [1.82, 2.24) is 0 Å². The molecule has 6 heteroatoms. The minimum absolute atomic E-state index is 0.0500. The SMILES string of the molecule is OC(CNc1ccc(Cl)c(Br)c1)c1cc(F)ccc1F. The minimum atomic E-state index is -1.15. The Hall–Kier alpha value is -1.17. The van der Waals surface area contributed by atoms with Crippen LogP contribution in [0.25, 0.3) is 0 Å². The van der Waals surface area contributed by atoms with E-state index in [1.165, 1.54) is 0 Å². The fraction of sp³-hybridized carbons (Fsp3) is 0.143. The van der Waals surface area contributed by atoms with E-state index in [2.05, 4.69) is 21.2 Å². The number of anilines is 1. The van der Waals surface area contributed by atoms with Crippen molar-refractivity contribution in [3.05, 3.63) is 63.1 Å². The summed E-state index contributed by atoms with van der Waals surface area (Å²) in [6.45, 7) is 0.0500. The molecule has 0 aliphatic heterocycles. The van der Waals surface area contributed by atoms with Gasteiger partial charge in [-0.05, 0) is 52.3 Å². The van der Waals surface area contributed by atoms with E-state index in [0.29, 0.717) is 15.2 Å². The van der Waals surface area contributed by atoms with Crippen molar-refractivity contribution in [2.24, 2.45) is 0 Å². The number of benzene rings is 2. The van der Waals surface area contributed by atoms with E-state index >= 15 is 0 Å². The van der Waals surface area contributed by atoms with Crippen LogP contribution in [0.3, 0.4) is 0 Å². The highest BCUT2D eigenvalue weighted by atomic mass is 79.9. The molecule has 0 bridgehead atoms. The van der Waals surface area contributed by atoms with Gasteiger partial charge in [-0.1, -0.05) is 11.6 Å². The summed E-state index contributed by atoms with van der Waals surface area (Å²) in [5.74, 6) is -1.23. The van der Waals surface area contributed by atoms with Crippen LogP contribution in [0.4, 0.5) is 14.5 Å². The highest BCUT2D eigenvalue weighted by Crippen LogP contribution is 2.26. The number of rotatable bonds is 4. The number of hydrogen-bond acceptors (Lipinski definition) is 2. The van der Waals surface area contributed by atoms with E-state index in [9.17, 15) is 13.9 Å². The van der Waals surface area contributed by atoms with Gasteiger partial charge in [-0.15, -0.1) is 0 Å². The van der Waals surface area contributed by atoms with Crippen LogP contribution in [0.15, 0.2) is 40.9 Å². The fourth-order valence-electron chi connectivity index (χ4n) is 1.70. The van der Waals surface area contributed by atoms with E-state index < -0.39 is 17.7 Å². The maximum atomic E-state index is 13.5. The molecule has 0 aliphatic rings. The zero-order valence-corrected chi connectivity index (χ0v) is 12.5. The highest BCUT2D eigenvalue weighted by Gasteiger charge is 2.13. The fourth-order valence-corrected chi connectivity index (χ4v) is 2.20. The Kier molecular flexibility index (Phi) is 4.96. The molecule has 1 atom stereocenters. The van der Waals surface area contributed by atoms with Gasteiger partial charge < -0.3 is 10.4 Å². The molecule has 0 radical (unpaired) electrons. The Morgan fingerprint density at radius 1 is 1.20 bits per heavy atom. The van der Waals surface area contributed by atoms with Crippen molar-refractivity contribution in [1.29, 1.82) is 0 Å². The van der Waals surface area contributed by atoms with Crippen molar-refractivity contribution < 1.29 is 13.9 Å². The molecule has 20 heavy (non-hydrogen) atoms. The van der Waals surface area contributed by atoms with Crippen molar-refractivity contribution in [2.45, 2.75) is 6.10 Å². The molecule has 0 amide bonds. The van der Waals surface area contributed by atoms with Crippen molar-refractivity contribution in [2.75, 3.05) is 11.9 Å². The number of hydrogen-bond donors (Lipinski definition) is 2. The van der Waals surface area contributed by atoms with E-state index in [4.69, 9.17) is 11.6 Å². The van der Waals surface area contributed by atoms with E-state index in [-0.39, 0.29) is 12.1 Å². The summed E-state index contributed by atoms with van der Waals surface area (Å²) in [6.07, 6.45) is -1.15. The third-order valence-corrected chi connectivity index (χ3v) is 3.95. The average molecular weight is 363 g/mol. The predicted octanol–water partition coefficient (Wildman–Crippen LogP) is 4.53. The molecule has 0 spiro atoms. The third kappa shape index (κ3) is 3.69. The lowest BCUT2D eigenvalue weighted by atomic mass is 10.1. The standard InChI is InChI=1S/C14H11BrClF2NO/c15-11-6-9(2-3-12(11)16)19-7-14(20)10-5-8(17)1-4-13(10)18/h1-6,14,19-20H,7H2. The molecular weight excluding hydrogens is 352 g/mol. The molecule has 2 rings (SSSR count). The van der Waals surface area contributed by atoms with Gasteiger partial charge in [0, 0.05) is 22.3 Å². The van der Waals surface area contributed by atoms with Crippen LogP contribution >= 0.6 is 27.5 Å². The lowest BCUT2D eigenvalue weighted by Gasteiger charge is -2.14. The molecule has 0 aliphatic carbocycles. The van der Waals surface area contributed by atoms with Gasteiger partial charge in [0.25, 0.3) is 0 Å². The maximum Gasteiger partial charge on any atom is 0.129 e. The largest absolute Gasteiger partial charge is 0.386 e. The average Bonchev–Trinajstić information content (AvgIpc) is 2.42. The van der Waals surface area contributed by atoms with Crippen molar-refractivity contribution >= 4 is 33.2 Å². The Balaban J connectivity index is 2.06. The van der Waals surface area contributed by atoms with Crippen LogP contribution in [-0.2, 0) is 0 Å². The molecule has 0 fully saturated rings. The molecular formula is C14H11BrClF2NO. The van der Waals surface area contributed by atoms with Gasteiger partial charge in [0.05, 0.1) is 11.1 Å². The van der Waals surface area contributed by atoms with Gasteiger partial charge in [-0.3, -0.25) is 0 Å². The minimum Gasteiger partial charge on any atom is -0.386 e. The van der Waals surface area contributed by atoms with Gasteiger partial charge >= 0.3 is 0 Å². The summed E-state index contributed by atoms with van der Waals surface area (Å²) in [5, 5.41) is 13.4. The summed E-state index contributed by atoms with van der Waals surface area (Å²) < 4.78 is 27.2. The lowest BCUT2D eigenvalue weighted by Crippen LogP contribution is -2.13. The summed E-state index contributed by atoms with van der Waals surface area (Å²) in [5.41, 5.74) is 0.627. The van der Waals surface area contributed by atoms with Crippen LogP contribution in [-0.4, -0.2) is 11.7 Å². The molecule has 0 heterocycles. The Morgan fingerprint density at radius 2 is 1.95 bits per heavy atom. The van der Waals surface area contributed by atoms with Gasteiger partial charge in [-0.2, -0.15) is 0 Å². The van der Waals surface area contributed by atoms with Gasteiger partial charge in [0.2, 0.25) is 0 Å². The van der Waals surface area contributed by atoms with Crippen LogP contribution in [0.5, 0.6) is 0 Å². The first-order valence-electron chi connectivity index (χ1n) is 5.79. The van der Waals surface area contributed by atoms with Gasteiger partial charge in [-0.25, -0.2) is 8.78 Å². The molecule has 2 N–H and O–H groups in total. The Labute approximate surface area is 128 Å². The molecule has 0 aromatic heterocycles. The Bertz CT molecular complexity index is 624. The number of halogens is 4. The van der Waals surface area contributed by atoms with Crippen LogP contribution in [0, 0.1) is 11.6 Å². The lowest BCUT2D eigenvalue weighted by molar-refractivity contribution is 0.186. The van der Waals surface area contributed by atoms with Crippen molar-refractivity contribution in [3.63, 3.8) is 0 Å². The van der Waals surface area contributed by atoms with Crippen LogP contribution in [0.1, 0.15) is 11.7 Å². The number of aliphatic hydroxyl groups is 1. The zero-order chi connectivity index (χ0) is 14.7. The molecule has 2 nitrogen and oxygen atoms in total. The quantitative estimate of drug-likeness (QED) is 0.838. The smallest absolute Gasteiger partial charge is 0.129 e. The number of nitrogens with one attached hydrogen (secondary N) is 1. The summed E-state index contributed by atoms with van der Waals surface area (Å²) in [4.78, 5) is 0. The summed E-state index contributed by atoms with van der Waals surface area (Å²) in [7, 11) is 0. The monoisotopic (exact) mass is 361 g/mol. The number of aliphatic hydroxyl groups excluding tert-OH is 1. The van der Waals surface area contributed by atoms with E-state index in [1.807, 2.05) is 0 Å². The molecule has 2 aromatic rings. The molecule has 1 unspecified atom stereocenters. The highest BCUT2D eigenvalue weighted by molar-refractivity contribution is 9.10. The maximum absolute atomic E-state index is 13.5. The normalized spacial score (nSPS) is 12.2. The second-order valence-corrected chi connectivity index (χ2v) is 5.45. The summed E-state index contributed by atoms with van der Waals surface area (Å²) in [6, 6.07) is 8.13. The van der Waals surface area contributed by atoms with E-state index in [0.717, 1.165) is 18.2 Å². The molecule has 2 aromatic carbocycles.